The van der Waals surface area contributed by atoms with Gasteiger partial charge < -0.3 is 9.47 Å². The summed E-state index contributed by atoms with van der Waals surface area (Å²) in [6, 6.07) is 18.6. The molecule has 9 heteroatoms. The van der Waals surface area contributed by atoms with Crippen molar-refractivity contribution in [2.45, 2.75) is 6.61 Å². The van der Waals surface area contributed by atoms with Gasteiger partial charge in [-0.1, -0.05) is 34.1 Å². The number of nitrogens with one attached hydrogen (secondary N) is 1. The molecule has 3 aromatic carbocycles. The molecule has 4 amide bonds. The van der Waals surface area contributed by atoms with Crippen molar-refractivity contribution in [3.05, 3.63) is 92.4 Å². The highest BCUT2D eigenvalue weighted by Gasteiger charge is 2.36. The van der Waals surface area contributed by atoms with Crippen LogP contribution < -0.4 is 19.7 Å². The number of rotatable bonds is 6. The Kier molecular flexibility index (Phi) is 7.14. The van der Waals surface area contributed by atoms with Crippen LogP contribution in [-0.4, -0.2) is 25.0 Å². The highest BCUT2D eigenvalue weighted by Crippen LogP contribution is 2.29. The number of amides is 4. The second-order valence-corrected chi connectivity index (χ2v) is 9.03. The molecule has 34 heavy (non-hydrogen) atoms. The fourth-order valence-corrected chi connectivity index (χ4v) is 4.03. The summed E-state index contributed by atoms with van der Waals surface area (Å²) in [6.45, 7) is 0.381. The molecule has 7 nitrogen and oxygen atoms in total. The van der Waals surface area contributed by atoms with Crippen LogP contribution in [0.25, 0.3) is 6.08 Å². The molecule has 1 heterocycles. The zero-order chi connectivity index (χ0) is 24.2. The van der Waals surface area contributed by atoms with Crippen molar-refractivity contribution in [3.8, 4) is 11.5 Å². The predicted molar refractivity (Wildman–Crippen MR) is 135 cm³/mol. The summed E-state index contributed by atoms with van der Waals surface area (Å²) in [7, 11) is 1.52. The maximum atomic E-state index is 13.0. The number of carbonyl (C=O) groups is 3. The van der Waals surface area contributed by atoms with E-state index in [1.54, 1.807) is 42.5 Å². The third-order valence-electron chi connectivity index (χ3n) is 5.01. The van der Waals surface area contributed by atoms with Crippen molar-refractivity contribution in [2.75, 3.05) is 12.0 Å². The number of carbonyl (C=O) groups excluding carboxylic acids is 3. The van der Waals surface area contributed by atoms with E-state index in [1.165, 1.54) is 13.2 Å². The molecule has 4 rings (SSSR count). The molecule has 0 spiro atoms. The summed E-state index contributed by atoms with van der Waals surface area (Å²) in [5, 5.41) is 2.21. The number of barbiturate groups is 1. The average Bonchev–Trinajstić information content (AvgIpc) is 2.82. The van der Waals surface area contributed by atoms with Gasteiger partial charge in [0, 0.05) is 4.47 Å². The fourth-order valence-electron chi connectivity index (χ4n) is 3.26. The van der Waals surface area contributed by atoms with Crippen molar-refractivity contribution in [1.82, 2.24) is 5.32 Å². The Bertz CT molecular complexity index is 1290. The molecule has 0 aliphatic carbocycles. The molecule has 1 N–H and O–H groups in total. The van der Waals surface area contributed by atoms with Gasteiger partial charge in [0.2, 0.25) is 0 Å². The number of halogens is 2. The monoisotopic (exact) mass is 584 g/mol. The molecule has 0 saturated carbocycles. The van der Waals surface area contributed by atoms with E-state index in [0.29, 0.717) is 33.8 Å². The molecule has 172 valence electrons. The van der Waals surface area contributed by atoms with E-state index in [1.807, 2.05) is 24.3 Å². The smallest absolute Gasteiger partial charge is 0.335 e. The van der Waals surface area contributed by atoms with E-state index in [2.05, 4.69) is 37.2 Å². The highest BCUT2D eigenvalue weighted by atomic mass is 79.9. The van der Waals surface area contributed by atoms with E-state index >= 15 is 0 Å². The summed E-state index contributed by atoms with van der Waals surface area (Å²) >= 11 is 6.88. The summed E-state index contributed by atoms with van der Waals surface area (Å²) in [5.74, 6) is -0.288. The Balaban J connectivity index is 1.54. The first-order valence-electron chi connectivity index (χ1n) is 10.1. The molecular weight excluding hydrogens is 568 g/mol. The van der Waals surface area contributed by atoms with Gasteiger partial charge in [-0.15, -0.1) is 0 Å². The van der Waals surface area contributed by atoms with Gasteiger partial charge in [-0.2, -0.15) is 0 Å². The Labute approximate surface area is 212 Å². The van der Waals surface area contributed by atoms with Crippen LogP contribution in [0.1, 0.15) is 11.1 Å². The molecule has 0 atom stereocenters. The summed E-state index contributed by atoms with van der Waals surface area (Å²) in [4.78, 5) is 38.7. The number of nitrogens with zero attached hydrogens (tertiary/aromatic N) is 1. The van der Waals surface area contributed by atoms with Crippen LogP contribution in [-0.2, 0) is 16.2 Å². The highest BCUT2D eigenvalue weighted by molar-refractivity contribution is 9.10. The second-order valence-electron chi connectivity index (χ2n) is 7.26. The molecule has 0 unspecified atom stereocenters. The van der Waals surface area contributed by atoms with Gasteiger partial charge in [-0.25, -0.2) is 9.69 Å². The van der Waals surface area contributed by atoms with Crippen LogP contribution in [0, 0.1) is 0 Å². The van der Waals surface area contributed by atoms with Crippen LogP contribution in [0.15, 0.2) is 81.2 Å². The van der Waals surface area contributed by atoms with Gasteiger partial charge in [-0.3, -0.25) is 14.9 Å². The number of urea groups is 1. The lowest BCUT2D eigenvalue weighted by Gasteiger charge is -2.26. The Morgan fingerprint density at radius 2 is 1.65 bits per heavy atom. The molecule has 1 aliphatic rings. The first-order valence-corrected chi connectivity index (χ1v) is 11.7. The number of anilines is 1. The lowest BCUT2D eigenvalue weighted by molar-refractivity contribution is -0.122. The molecule has 0 radical (unpaired) electrons. The third kappa shape index (κ3) is 5.21. The standard InChI is InChI=1S/C25H18Br2N2O5/c1-33-19-9-7-18(8-10-19)29-24(31)20(23(30)28-25(29)32)12-16-4-11-22(21(27)13-16)34-14-15-2-5-17(26)6-3-15/h2-13H,14H2,1H3,(H,28,30,32)/b20-12+. The first kappa shape index (κ1) is 23.7. The van der Waals surface area contributed by atoms with Gasteiger partial charge in [-0.05, 0) is 81.7 Å². The lowest BCUT2D eigenvalue weighted by Crippen LogP contribution is -2.54. The van der Waals surface area contributed by atoms with Crippen molar-refractivity contribution < 1.29 is 23.9 Å². The van der Waals surface area contributed by atoms with Crippen molar-refractivity contribution in [2.24, 2.45) is 0 Å². The SMILES string of the molecule is COc1ccc(N2C(=O)NC(=O)/C(=C\c3ccc(OCc4ccc(Br)cc4)c(Br)c3)C2=O)cc1. The number of methoxy groups -OCH3 is 1. The van der Waals surface area contributed by atoms with Gasteiger partial charge >= 0.3 is 6.03 Å². The number of hydrogen-bond donors (Lipinski definition) is 1. The normalized spacial score (nSPS) is 14.9. The number of hydrogen-bond acceptors (Lipinski definition) is 5. The van der Waals surface area contributed by atoms with E-state index in [0.717, 1.165) is 14.9 Å². The molecule has 1 fully saturated rings. The van der Waals surface area contributed by atoms with Crippen molar-refractivity contribution >= 4 is 61.5 Å². The molecule has 0 aromatic heterocycles. The van der Waals surface area contributed by atoms with Crippen molar-refractivity contribution in [1.29, 1.82) is 0 Å². The molecule has 1 aliphatic heterocycles. The maximum Gasteiger partial charge on any atom is 0.335 e. The van der Waals surface area contributed by atoms with Gasteiger partial charge in [0.1, 0.15) is 23.7 Å². The molecule has 3 aromatic rings. The number of imide groups is 2. The maximum absolute atomic E-state index is 13.0. The largest absolute Gasteiger partial charge is 0.497 e. The minimum Gasteiger partial charge on any atom is -0.497 e. The molecule has 1 saturated heterocycles. The van der Waals surface area contributed by atoms with Gasteiger partial charge in [0.15, 0.2) is 0 Å². The number of ether oxygens (including phenoxy) is 2. The summed E-state index contributed by atoms with van der Waals surface area (Å²) in [5.41, 5.74) is 1.75. The molecular formula is C25H18Br2N2O5. The Hall–Kier alpha value is -3.43. The summed E-state index contributed by atoms with van der Waals surface area (Å²) < 4.78 is 12.6. The minimum atomic E-state index is -0.810. The van der Waals surface area contributed by atoms with E-state index in [9.17, 15) is 14.4 Å². The molecule has 0 bridgehead atoms. The zero-order valence-electron chi connectivity index (χ0n) is 17.9. The Morgan fingerprint density at radius 1 is 0.941 bits per heavy atom. The van der Waals surface area contributed by atoms with Crippen LogP contribution in [0.3, 0.4) is 0 Å². The lowest BCUT2D eigenvalue weighted by atomic mass is 10.1. The van der Waals surface area contributed by atoms with Crippen LogP contribution in [0.2, 0.25) is 0 Å². The summed E-state index contributed by atoms with van der Waals surface area (Å²) in [6.07, 6.45) is 1.43. The van der Waals surface area contributed by atoms with Crippen LogP contribution in [0.4, 0.5) is 10.5 Å². The fraction of sp³-hybridized carbons (Fsp3) is 0.0800. The average molecular weight is 586 g/mol. The number of benzene rings is 3. The minimum absolute atomic E-state index is 0.161. The first-order chi connectivity index (χ1) is 16.4. The quantitative estimate of drug-likeness (QED) is 0.306. The van der Waals surface area contributed by atoms with E-state index < -0.39 is 17.8 Å². The predicted octanol–water partition coefficient (Wildman–Crippen LogP) is 5.47. The van der Waals surface area contributed by atoms with Crippen molar-refractivity contribution in [3.63, 3.8) is 0 Å². The van der Waals surface area contributed by atoms with Crippen LogP contribution in [0.5, 0.6) is 11.5 Å². The van der Waals surface area contributed by atoms with Gasteiger partial charge in [0.25, 0.3) is 11.8 Å². The zero-order valence-corrected chi connectivity index (χ0v) is 21.1. The van der Waals surface area contributed by atoms with E-state index in [-0.39, 0.29) is 5.57 Å². The third-order valence-corrected chi connectivity index (χ3v) is 6.16. The Morgan fingerprint density at radius 3 is 2.29 bits per heavy atom. The van der Waals surface area contributed by atoms with Crippen LogP contribution >= 0.6 is 31.9 Å². The van der Waals surface area contributed by atoms with Gasteiger partial charge in [0.05, 0.1) is 17.3 Å². The topological polar surface area (TPSA) is 84.9 Å². The second kappa shape index (κ2) is 10.2. The van der Waals surface area contributed by atoms with E-state index in [4.69, 9.17) is 9.47 Å².